The van der Waals surface area contributed by atoms with E-state index in [1.165, 1.54) is 5.69 Å². The first-order valence-corrected chi connectivity index (χ1v) is 6.57. The van der Waals surface area contributed by atoms with E-state index in [0.29, 0.717) is 5.25 Å². The lowest BCUT2D eigenvalue weighted by atomic mass is 10.3. The summed E-state index contributed by atoms with van der Waals surface area (Å²) in [5, 5.41) is 5.07. The second kappa shape index (κ2) is 6.18. The van der Waals surface area contributed by atoms with Crippen molar-refractivity contribution in [3.63, 3.8) is 0 Å². The van der Waals surface area contributed by atoms with E-state index in [-0.39, 0.29) is 0 Å². The van der Waals surface area contributed by atoms with Crippen LogP contribution in [0.1, 0.15) is 31.7 Å². The molecule has 3 nitrogen and oxygen atoms in total. The minimum absolute atomic E-state index is 0.635. The largest absolute Gasteiger partial charge is 0.330 e. The summed E-state index contributed by atoms with van der Waals surface area (Å²) in [5.41, 5.74) is 7.96. The summed E-state index contributed by atoms with van der Waals surface area (Å²) in [5.74, 6) is 1.04. The molecule has 4 heteroatoms. The zero-order valence-electron chi connectivity index (χ0n) is 9.86. The molecule has 0 saturated carbocycles. The van der Waals surface area contributed by atoms with Gasteiger partial charge in [-0.15, -0.1) is 0 Å². The Bertz CT molecular complexity index is 296. The molecule has 15 heavy (non-hydrogen) atoms. The van der Waals surface area contributed by atoms with Crippen LogP contribution >= 0.6 is 11.8 Å². The molecule has 0 aromatic carbocycles. The van der Waals surface area contributed by atoms with Gasteiger partial charge < -0.3 is 5.73 Å². The monoisotopic (exact) mass is 227 g/mol. The maximum atomic E-state index is 5.53. The van der Waals surface area contributed by atoms with Crippen molar-refractivity contribution < 1.29 is 0 Å². The van der Waals surface area contributed by atoms with Crippen molar-refractivity contribution in [1.29, 1.82) is 0 Å². The number of hydrogen-bond donors (Lipinski definition) is 1. The summed E-state index contributed by atoms with van der Waals surface area (Å²) in [6.07, 6.45) is 1.09. The Balaban J connectivity index is 2.49. The fourth-order valence-corrected chi connectivity index (χ4v) is 2.53. The number of hydrogen-bond acceptors (Lipinski definition) is 3. The van der Waals surface area contributed by atoms with Gasteiger partial charge in [0.15, 0.2) is 0 Å². The molecular weight excluding hydrogens is 206 g/mol. The maximum absolute atomic E-state index is 5.53. The van der Waals surface area contributed by atoms with Crippen LogP contribution in [0.25, 0.3) is 0 Å². The van der Waals surface area contributed by atoms with Crippen molar-refractivity contribution >= 4 is 11.8 Å². The lowest BCUT2D eigenvalue weighted by Crippen LogP contribution is -2.08. The molecule has 0 saturated heterocycles. The van der Waals surface area contributed by atoms with Gasteiger partial charge in [-0.25, -0.2) is 0 Å². The maximum Gasteiger partial charge on any atom is 0.0596 e. The predicted octanol–water partition coefficient (Wildman–Crippen LogP) is 2.18. The van der Waals surface area contributed by atoms with E-state index in [2.05, 4.69) is 29.7 Å². The molecule has 86 valence electrons. The number of rotatable bonds is 6. The third kappa shape index (κ3) is 3.87. The SMILES string of the molecule is CCn1nc(C)cc1CSC(C)CCN. The van der Waals surface area contributed by atoms with Gasteiger partial charge in [-0.1, -0.05) is 6.92 Å². The van der Waals surface area contributed by atoms with Crippen LogP contribution in [-0.2, 0) is 12.3 Å². The average Bonchev–Trinajstić information content (AvgIpc) is 2.56. The number of aryl methyl sites for hydroxylation is 2. The second-order valence-corrected chi connectivity index (χ2v) is 5.22. The Morgan fingerprint density at radius 1 is 1.60 bits per heavy atom. The molecule has 0 aliphatic rings. The topological polar surface area (TPSA) is 43.8 Å². The molecule has 1 rings (SSSR count). The van der Waals surface area contributed by atoms with Gasteiger partial charge >= 0.3 is 0 Å². The van der Waals surface area contributed by atoms with E-state index in [0.717, 1.165) is 31.0 Å². The number of nitrogens with two attached hydrogens (primary N) is 1. The standard InChI is InChI=1S/C11H21N3S/c1-4-14-11(7-9(2)13-14)8-15-10(3)5-6-12/h7,10H,4-6,8,12H2,1-3H3. The van der Waals surface area contributed by atoms with Crippen LogP contribution in [0.2, 0.25) is 0 Å². The van der Waals surface area contributed by atoms with Crippen molar-refractivity contribution in [1.82, 2.24) is 9.78 Å². The number of thioether (sulfide) groups is 1. The fraction of sp³-hybridized carbons (Fsp3) is 0.727. The Kier molecular flexibility index (Phi) is 5.19. The molecule has 0 amide bonds. The summed E-state index contributed by atoms with van der Waals surface area (Å²) in [6, 6.07) is 2.17. The predicted molar refractivity (Wildman–Crippen MR) is 67.1 cm³/mol. The molecule has 2 N–H and O–H groups in total. The highest BCUT2D eigenvalue weighted by molar-refractivity contribution is 7.99. The zero-order valence-corrected chi connectivity index (χ0v) is 10.7. The smallest absolute Gasteiger partial charge is 0.0596 e. The minimum Gasteiger partial charge on any atom is -0.330 e. The molecule has 0 bridgehead atoms. The first kappa shape index (κ1) is 12.6. The second-order valence-electron chi connectivity index (χ2n) is 3.79. The van der Waals surface area contributed by atoms with Gasteiger partial charge in [-0.05, 0) is 32.9 Å². The minimum atomic E-state index is 0.635. The van der Waals surface area contributed by atoms with E-state index in [1.807, 2.05) is 18.7 Å². The molecule has 1 aromatic rings. The van der Waals surface area contributed by atoms with Gasteiger partial charge in [0.2, 0.25) is 0 Å². The average molecular weight is 227 g/mol. The Hall–Kier alpha value is -0.480. The fourth-order valence-electron chi connectivity index (χ4n) is 1.53. The van der Waals surface area contributed by atoms with Crippen molar-refractivity contribution in [2.24, 2.45) is 5.73 Å². The first-order valence-electron chi connectivity index (χ1n) is 5.52. The first-order chi connectivity index (χ1) is 7.17. The Labute approximate surface area is 96.4 Å². The van der Waals surface area contributed by atoms with E-state index < -0.39 is 0 Å². The van der Waals surface area contributed by atoms with E-state index in [4.69, 9.17) is 5.73 Å². The van der Waals surface area contributed by atoms with Gasteiger partial charge in [0, 0.05) is 23.2 Å². The number of nitrogens with zero attached hydrogens (tertiary/aromatic N) is 2. The van der Waals surface area contributed by atoms with Gasteiger partial charge in [0.1, 0.15) is 0 Å². The summed E-state index contributed by atoms with van der Waals surface area (Å²) >= 11 is 1.96. The quantitative estimate of drug-likeness (QED) is 0.810. The molecule has 1 heterocycles. The van der Waals surface area contributed by atoms with E-state index in [1.54, 1.807) is 0 Å². The van der Waals surface area contributed by atoms with Crippen LogP contribution in [0.3, 0.4) is 0 Å². The third-order valence-corrected chi connectivity index (χ3v) is 3.64. The zero-order chi connectivity index (χ0) is 11.3. The molecule has 0 fully saturated rings. The molecular formula is C11H21N3S. The highest BCUT2D eigenvalue weighted by Crippen LogP contribution is 2.20. The van der Waals surface area contributed by atoms with Crippen LogP contribution in [0.15, 0.2) is 6.07 Å². The highest BCUT2D eigenvalue weighted by Gasteiger charge is 2.07. The van der Waals surface area contributed by atoms with E-state index >= 15 is 0 Å². The van der Waals surface area contributed by atoms with Crippen molar-refractivity contribution in [3.8, 4) is 0 Å². The molecule has 1 atom stereocenters. The van der Waals surface area contributed by atoms with E-state index in [9.17, 15) is 0 Å². The van der Waals surface area contributed by atoms with Crippen LogP contribution < -0.4 is 5.73 Å². The number of aromatic nitrogens is 2. The van der Waals surface area contributed by atoms with Crippen molar-refractivity contribution in [2.75, 3.05) is 6.54 Å². The Morgan fingerprint density at radius 3 is 2.93 bits per heavy atom. The molecule has 1 unspecified atom stereocenters. The van der Waals surface area contributed by atoms with Crippen LogP contribution in [0.5, 0.6) is 0 Å². The van der Waals surface area contributed by atoms with Crippen molar-refractivity contribution in [3.05, 3.63) is 17.5 Å². The van der Waals surface area contributed by atoms with Crippen LogP contribution in [0, 0.1) is 6.92 Å². The lowest BCUT2D eigenvalue weighted by molar-refractivity contribution is 0.631. The van der Waals surface area contributed by atoms with Gasteiger partial charge in [-0.3, -0.25) is 4.68 Å². The van der Waals surface area contributed by atoms with Gasteiger partial charge in [0.25, 0.3) is 0 Å². The molecule has 0 aliphatic carbocycles. The van der Waals surface area contributed by atoms with Gasteiger partial charge in [-0.2, -0.15) is 16.9 Å². The van der Waals surface area contributed by atoms with Crippen LogP contribution in [-0.4, -0.2) is 21.6 Å². The Morgan fingerprint density at radius 2 is 2.33 bits per heavy atom. The van der Waals surface area contributed by atoms with Crippen molar-refractivity contribution in [2.45, 2.75) is 44.7 Å². The summed E-state index contributed by atoms with van der Waals surface area (Å²) < 4.78 is 2.08. The highest BCUT2D eigenvalue weighted by atomic mass is 32.2. The lowest BCUT2D eigenvalue weighted by Gasteiger charge is -2.10. The molecule has 1 aromatic heterocycles. The summed E-state index contributed by atoms with van der Waals surface area (Å²) in [7, 11) is 0. The summed E-state index contributed by atoms with van der Waals surface area (Å²) in [4.78, 5) is 0. The van der Waals surface area contributed by atoms with Gasteiger partial charge in [0.05, 0.1) is 5.69 Å². The summed E-state index contributed by atoms with van der Waals surface area (Å²) in [6.45, 7) is 8.14. The molecule has 0 spiro atoms. The molecule has 0 radical (unpaired) electrons. The van der Waals surface area contributed by atoms with Crippen LogP contribution in [0.4, 0.5) is 0 Å². The molecule has 0 aliphatic heterocycles. The third-order valence-electron chi connectivity index (χ3n) is 2.37. The normalized spacial score (nSPS) is 13.1.